The Morgan fingerprint density at radius 2 is 1.75 bits per heavy atom. The summed E-state index contributed by atoms with van der Waals surface area (Å²) in [6.07, 6.45) is 1.10. The number of amides is 1. The molecule has 0 spiro atoms. The fourth-order valence-corrected chi connectivity index (χ4v) is 4.64. The molecule has 1 amide bonds. The molecular formula is C16H17NO5S2. The average Bonchev–Trinajstić information content (AvgIpc) is 3.06. The number of rotatable bonds is 8. The van der Waals surface area contributed by atoms with Gasteiger partial charge < -0.3 is 10.4 Å². The smallest absolute Gasteiger partial charge is 0.303 e. The maximum Gasteiger partial charge on any atom is 0.303 e. The van der Waals surface area contributed by atoms with E-state index in [1.807, 2.05) is 0 Å². The van der Waals surface area contributed by atoms with Crippen molar-refractivity contribution in [3.05, 3.63) is 47.3 Å². The van der Waals surface area contributed by atoms with E-state index in [9.17, 15) is 18.0 Å². The molecule has 0 aliphatic carbocycles. The summed E-state index contributed by atoms with van der Waals surface area (Å²) in [7, 11) is -3.62. The molecule has 0 fully saturated rings. The van der Waals surface area contributed by atoms with Crippen molar-refractivity contribution in [3.63, 3.8) is 0 Å². The highest BCUT2D eigenvalue weighted by molar-refractivity contribution is 7.93. The van der Waals surface area contributed by atoms with Crippen LogP contribution in [0.2, 0.25) is 0 Å². The molecule has 0 aliphatic rings. The highest BCUT2D eigenvalue weighted by Gasteiger charge is 2.21. The number of hydrogen-bond acceptors (Lipinski definition) is 5. The van der Waals surface area contributed by atoms with Crippen LogP contribution in [0.3, 0.4) is 0 Å². The van der Waals surface area contributed by atoms with E-state index in [-0.39, 0.29) is 21.4 Å². The van der Waals surface area contributed by atoms with Crippen molar-refractivity contribution in [1.29, 1.82) is 0 Å². The molecule has 2 N–H and O–H groups in total. The molecule has 6 nitrogen and oxygen atoms in total. The normalized spacial score (nSPS) is 11.2. The number of sulfone groups is 1. The van der Waals surface area contributed by atoms with Crippen LogP contribution in [0.1, 0.15) is 28.9 Å². The quantitative estimate of drug-likeness (QED) is 0.699. The number of carbonyl (C=O) groups is 2. The van der Waals surface area contributed by atoms with Crippen molar-refractivity contribution in [1.82, 2.24) is 5.32 Å². The van der Waals surface area contributed by atoms with Gasteiger partial charge in [-0.1, -0.05) is 18.2 Å². The number of aliphatic carboxylic acids is 1. The summed E-state index contributed by atoms with van der Waals surface area (Å²) in [6, 6.07) is 10.9. The van der Waals surface area contributed by atoms with E-state index in [0.29, 0.717) is 24.3 Å². The summed E-state index contributed by atoms with van der Waals surface area (Å²) in [5.74, 6) is -1.22. The fourth-order valence-electron chi connectivity index (χ4n) is 1.99. The highest BCUT2D eigenvalue weighted by Crippen LogP contribution is 2.27. The van der Waals surface area contributed by atoms with Gasteiger partial charge in [0.1, 0.15) is 4.21 Å². The molecule has 8 heteroatoms. The second-order valence-corrected chi connectivity index (χ2v) is 8.30. The van der Waals surface area contributed by atoms with E-state index in [1.165, 1.54) is 24.3 Å². The van der Waals surface area contributed by atoms with Crippen molar-refractivity contribution in [2.75, 3.05) is 6.54 Å². The Hall–Kier alpha value is -2.19. The van der Waals surface area contributed by atoms with E-state index in [1.54, 1.807) is 18.2 Å². The minimum Gasteiger partial charge on any atom is -0.481 e. The standard InChI is InChI=1S/C16H17NO5S2/c18-14(19)8-4-5-11-17-16(20)13-9-10-15(23-13)24(21,22)12-6-2-1-3-7-12/h1-3,6-7,9-10H,4-5,8,11H2,(H,17,20)(H,18,19). The number of benzene rings is 1. The molecule has 0 atom stereocenters. The Kier molecular flexibility index (Phi) is 6.10. The van der Waals surface area contributed by atoms with E-state index >= 15 is 0 Å². The van der Waals surface area contributed by atoms with Crippen LogP contribution in [0.5, 0.6) is 0 Å². The Bertz CT molecular complexity index is 812. The third-order valence-corrected chi connectivity index (χ3v) is 6.57. The van der Waals surface area contributed by atoms with Crippen LogP contribution in [0.4, 0.5) is 0 Å². The number of carbonyl (C=O) groups excluding carboxylic acids is 1. The van der Waals surface area contributed by atoms with Crippen LogP contribution in [-0.2, 0) is 14.6 Å². The molecule has 1 aromatic heterocycles. The van der Waals surface area contributed by atoms with Crippen LogP contribution in [0.25, 0.3) is 0 Å². The van der Waals surface area contributed by atoms with Crippen LogP contribution in [0.15, 0.2) is 51.6 Å². The van der Waals surface area contributed by atoms with Crippen LogP contribution >= 0.6 is 11.3 Å². The lowest BCUT2D eigenvalue weighted by Gasteiger charge is -2.03. The second-order valence-electron chi connectivity index (χ2n) is 5.04. The molecule has 0 aliphatic heterocycles. The zero-order valence-corrected chi connectivity index (χ0v) is 14.4. The third kappa shape index (κ3) is 4.65. The summed E-state index contributed by atoms with van der Waals surface area (Å²) in [5.41, 5.74) is 0. The predicted molar refractivity (Wildman–Crippen MR) is 90.0 cm³/mol. The number of hydrogen-bond donors (Lipinski definition) is 2. The number of unbranched alkanes of at least 4 members (excludes halogenated alkanes) is 1. The molecule has 0 radical (unpaired) electrons. The SMILES string of the molecule is O=C(O)CCCCNC(=O)c1ccc(S(=O)(=O)c2ccccc2)s1. The molecule has 128 valence electrons. The Morgan fingerprint density at radius 1 is 1.04 bits per heavy atom. The van der Waals surface area contributed by atoms with E-state index in [0.717, 1.165) is 11.3 Å². The van der Waals surface area contributed by atoms with Crippen LogP contribution < -0.4 is 5.32 Å². The number of carboxylic acids is 1. The predicted octanol–water partition coefficient (Wildman–Crippen LogP) is 2.57. The Labute approximate surface area is 144 Å². The zero-order valence-electron chi connectivity index (χ0n) is 12.8. The summed E-state index contributed by atoms with van der Waals surface area (Å²) in [4.78, 5) is 22.9. The van der Waals surface area contributed by atoms with Gasteiger partial charge in [-0.2, -0.15) is 0 Å². The molecule has 1 aromatic carbocycles. The van der Waals surface area contributed by atoms with Crippen molar-refractivity contribution in [2.45, 2.75) is 28.4 Å². The fraction of sp³-hybridized carbons (Fsp3) is 0.250. The lowest BCUT2D eigenvalue weighted by Crippen LogP contribution is -2.23. The molecule has 0 unspecified atom stereocenters. The molecule has 0 saturated carbocycles. The van der Waals surface area contributed by atoms with Crippen molar-refractivity contribution in [3.8, 4) is 0 Å². The van der Waals surface area contributed by atoms with Crippen molar-refractivity contribution >= 4 is 33.1 Å². The van der Waals surface area contributed by atoms with Gasteiger partial charge in [0.2, 0.25) is 9.84 Å². The maximum atomic E-state index is 12.5. The summed E-state index contributed by atoms with van der Waals surface area (Å²) < 4.78 is 25.0. The average molecular weight is 367 g/mol. The molecule has 0 saturated heterocycles. The summed E-state index contributed by atoms with van der Waals surface area (Å²) in [6.45, 7) is 0.352. The molecule has 1 heterocycles. The summed E-state index contributed by atoms with van der Waals surface area (Å²) >= 11 is 0.917. The topological polar surface area (TPSA) is 101 Å². The van der Waals surface area contributed by atoms with Crippen LogP contribution in [-0.4, -0.2) is 31.9 Å². The van der Waals surface area contributed by atoms with Gasteiger partial charge >= 0.3 is 5.97 Å². The van der Waals surface area contributed by atoms with Gasteiger partial charge in [0.25, 0.3) is 5.91 Å². The number of carboxylic acid groups (broad SMARTS) is 1. The van der Waals surface area contributed by atoms with Crippen LogP contribution in [0, 0.1) is 0 Å². The number of thiophene rings is 1. The van der Waals surface area contributed by atoms with Gasteiger partial charge in [-0.3, -0.25) is 9.59 Å². The minimum absolute atomic E-state index is 0.0638. The van der Waals surface area contributed by atoms with Gasteiger partial charge in [-0.25, -0.2) is 8.42 Å². The highest BCUT2D eigenvalue weighted by atomic mass is 32.2. The monoisotopic (exact) mass is 367 g/mol. The van der Waals surface area contributed by atoms with E-state index in [2.05, 4.69) is 5.32 Å². The molecule has 2 aromatic rings. The first-order chi connectivity index (χ1) is 11.4. The van der Waals surface area contributed by atoms with Gasteiger partial charge in [0, 0.05) is 13.0 Å². The first-order valence-corrected chi connectivity index (χ1v) is 9.61. The summed E-state index contributed by atoms with van der Waals surface area (Å²) in [5, 5.41) is 11.2. The first-order valence-electron chi connectivity index (χ1n) is 7.31. The van der Waals surface area contributed by atoms with Crippen molar-refractivity contribution < 1.29 is 23.1 Å². The number of nitrogens with one attached hydrogen (secondary N) is 1. The van der Waals surface area contributed by atoms with Gasteiger partial charge in [0.15, 0.2) is 0 Å². The van der Waals surface area contributed by atoms with E-state index < -0.39 is 15.8 Å². The lowest BCUT2D eigenvalue weighted by molar-refractivity contribution is -0.137. The first kappa shape index (κ1) is 18.2. The molecule has 0 bridgehead atoms. The Balaban J connectivity index is 1.97. The minimum atomic E-state index is -3.62. The molecule has 2 rings (SSSR count). The Morgan fingerprint density at radius 3 is 2.42 bits per heavy atom. The maximum absolute atomic E-state index is 12.5. The zero-order chi connectivity index (χ0) is 17.6. The van der Waals surface area contributed by atoms with Crippen molar-refractivity contribution in [2.24, 2.45) is 0 Å². The van der Waals surface area contributed by atoms with Gasteiger partial charge in [0.05, 0.1) is 9.77 Å². The largest absolute Gasteiger partial charge is 0.481 e. The van der Waals surface area contributed by atoms with E-state index in [4.69, 9.17) is 5.11 Å². The third-order valence-electron chi connectivity index (χ3n) is 3.23. The molecule has 24 heavy (non-hydrogen) atoms. The second kappa shape index (κ2) is 8.07. The van der Waals surface area contributed by atoms with Gasteiger partial charge in [-0.15, -0.1) is 11.3 Å². The lowest BCUT2D eigenvalue weighted by atomic mass is 10.2. The van der Waals surface area contributed by atoms with Gasteiger partial charge in [-0.05, 0) is 37.1 Å². The molecular weight excluding hydrogens is 350 g/mol.